The molecule has 152 valence electrons. The molecule has 0 radical (unpaired) electrons. The zero-order chi connectivity index (χ0) is 20.7. The van der Waals surface area contributed by atoms with Gasteiger partial charge in [0.05, 0.1) is 12.6 Å². The van der Waals surface area contributed by atoms with Crippen LogP contribution in [0, 0.1) is 11.8 Å². The summed E-state index contributed by atoms with van der Waals surface area (Å²) in [5.41, 5.74) is 5.22. The Hall–Kier alpha value is -2.49. The van der Waals surface area contributed by atoms with Crippen molar-refractivity contribution in [3.63, 3.8) is 0 Å². The van der Waals surface area contributed by atoms with E-state index in [0.717, 1.165) is 0 Å². The third-order valence-corrected chi connectivity index (χ3v) is 4.45. The number of Topliss-reactive ketones (excluding diaryl/α,β-unsaturated/α-hetero) is 1. The highest BCUT2D eigenvalue weighted by atomic mass is 16.4. The van der Waals surface area contributed by atoms with Crippen molar-refractivity contribution in [2.45, 2.75) is 51.6 Å². The van der Waals surface area contributed by atoms with Gasteiger partial charge < -0.3 is 26.2 Å². The fraction of sp³-hybridized carbons (Fsp3) is 0.706. The summed E-state index contributed by atoms with van der Waals surface area (Å²) in [6, 6.07) is -2.18. The van der Waals surface area contributed by atoms with Crippen molar-refractivity contribution < 1.29 is 34.2 Å². The van der Waals surface area contributed by atoms with E-state index >= 15 is 0 Å². The van der Waals surface area contributed by atoms with Gasteiger partial charge in [-0.3, -0.25) is 19.2 Å². The number of ketones is 1. The van der Waals surface area contributed by atoms with Crippen molar-refractivity contribution >= 4 is 29.5 Å². The van der Waals surface area contributed by atoms with E-state index in [2.05, 4.69) is 5.32 Å². The number of nitrogens with two attached hydrogens (primary N) is 1. The molecule has 5 N–H and O–H groups in total. The van der Waals surface area contributed by atoms with Crippen LogP contribution in [0.15, 0.2) is 0 Å². The first-order valence-electron chi connectivity index (χ1n) is 8.86. The van der Waals surface area contributed by atoms with Crippen LogP contribution < -0.4 is 11.1 Å². The molecule has 0 saturated carbocycles. The molecule has 0 unspecified atom stereocenters. The van der Waals surface area contributed by atoms with Crippen LogP contribution in [0.3, 0.4) is 0 Å². The molecule has 10 heteroatoms. The Morgan fingerprint density at radius 2 is 1.89 bits per heavy atom. The molecule has 0 aromatic carbocycles. The van der Waals surface area contributed by atoms with Gasteiger partial charge in [-0.25, -0.2) is 4.79 Å². The summed E-state index contributed by atoms with van der Waals surface area (Å²) in [7, 11) is 0. The van der Waals surface area contributed by atoms with Gasteiger partial charge >= 0.3 is 11.9 Å². The Kier molecular flexibility index (Phi) is 8.35. The summed E-state index contributed by atoms with van der Waals surface area (Å²) >= 11 is 0. The second-order valence-corrected chi connectivity index (χ2v) is 7.02. The highest BCUT2D eigenvalue weighted by molar-refractivity contribution is 6.06. The maximum absolute atomic E-state index is 12.7. The molecule has 0 aromatic heterocycles. The monoisotopic (exact) mass is 385 g/mol. The summed E-state index contributed by atoms with van der Waals surface area (Å²) in [5.74, 6) is -5.18. The lowest BCUT2D eigenvalue weighted by Crippen LogP contribution is -2.49. The van der Waals surface area contributed by atoms with Crippen molar-refractivity contribution in [1.82, 2.24) is 10.2 Å². The molecule has 1 aliphatic rings. The van der Waals surface area contributed by atoms with Gasteiger partial charge in [0.25, 0.3) is 0 Å². The highest BCUT2D eigenvalue weighted by Gasteiger charge is 2.44. The summed E-state index contributed by atoms with van der Waals surface area (Å²) in [6.07, 6.45) is -0.148. The molecule has 0 aromatic rings. The largest absolute Gasteiger partial charge is 0.481 e. The van der Waals surface area contributed by atoms with E-state index in [9.17, 15) is 29.1 Å². The van der Waals surface area contributed by atoms with Crippen LogP contribution in [0.4, 0.5) is 0 Å². The lowest BCUT2D eigenvalue weighted by molar-refractivity contribution is -0.151. The minimum absolute atomic E-state index is 0.0424. The standard InChI is InChI=1S/C17H27N3O7/c1-9(2)7-12(17(26)27)20-6-5-10(16(20)25)15(24)11(3-4-14(22)23)19-13(21)8-18/h9-12H,3-8,18H2,1-2H3,(H,19,21)(H,22,23)(H,26,27)/t10-,11+,12+/m1/s1. The zero-order valence-corrected chi connectivity index (χ0v) is 15.5. The number of amides is 2. The lowest BCUT2D eigenvalue weighted by Gasteiger charge is -2.26. The van der Waals surface area contributed by atoms with Gasteiger partial charge in [0.15, 0.2) is 5.78 Å². The molecule has 1 fully saturated rings. The van der Waals surface area contributed by atoms with E-state index in [4.69, 9.17) is 10.8 Å². The summed E-state index contributed by atoms with van der Waals surface area (Å²) < 4.78 is 0. The minimum Gasteiger partial charge on any atom is -0.481 e. The number of carboxylic acid groups (broad SMARTS) is 2. The molecule has 27 heavy (non-hydrogen) atoms. The van der Waals surface area contributed by atoms with Crippen LogP contribution in [0.5, 0.6) is 0 Å². The number of carboxylic acids is 2. The normalized spacial score (nSPS) is 19.0. The molecule has 1 rings (SSSR count). The third-order valence-electron chi connectivity index (χ3n) is 4.45. The number of carbonyl (C=O) groups excluding carboxylic acids is 3. The first-order valence-corrected chi connectivity index (χ1v) is 8.86. The number of likely N-dealkylation sites (tertiary alicyclic amines) is 1. The van der Waals surface area contributed by atoms with E-state index in [1.54, 1.807) is 0 Å². The topological polar surface area (TPSA) is 167 Å². The van der Waals surface area contributed by atoms with Crippen LogP contribution in [0.2, 0.25) is 0 Å². The second-order valence-electron chi connectivity index (χ2n) is 7.02. The van der Waals surface area contributed by atoms with Crippen molar-refractivity contribution in [2.75, 3.05) is 13.1 Å². The van der Waals surface area contributed by atoms with E-state index in [1.807, 2.05) is 13.8 Å². The predicted molar refractivity (Wildman–Crippen MR) is 93.6 cm³/mol. The summed E-state index contributed by atoms with van der Waals surface area (Å²) in [5, 5.41) is 20.6. The maximum Gasteiger partial charge on any atom is 0.326 e. The van der Waals surface area contributed by atoms with Gasteiger partial charge in [-0.15, -0.1) is 0 Å². The van der Waals surface area contributed by atoms with E-state index in [0.29, 0.717) is 0 Å². The molecule has 1 saturated heterocycles. The number of hydrogen-bond acceptors (Lipinski definition) is 6. The van der Waals surface area contributed by atoms with Gasteiger partial charge in [0.2, 0.25) is 11.8 Å². The lowest BCUT2D eigenvalue weighted by atomic mass is 9.93. The molecule has 10 nitrogen and oxygen atoms in total. The molecule has 1 aliphatic heterocycles. The smallest absolute Gasteiger partial charge is 0.326 e. The molecule has 3 atom stereocenters. The average Bonchev–Trinajstić information content (AvgIpc) is 2.96. The molecule has 0 aliphatic carbocycles. The quantitative estimate of drug-likeness (QED) is 0.336. The number of nitrogens with one attached hydrogen (secondary N) is 1. The Morgan fingerprint density at radius 1 is 1.26 bits per heavy atom. The Bertz CT molecular complexity index is 605. The van der Waals surface area contributed by atoms with E-state index in [1.165, 1.54) is 4.90 Å². The van der Waals surface area contributed by atoms with Gasteiger partial charge in [0, 0.05) is 13.0 Å². The fourth-order valence-electron chi connectivity index (χ4n) is 3.13. The number of aliphatic carboxylic acids is 2. The maximum atomic E-state index is 12.7. The van der Waals surface area contributed by atoms with Crippen LogP contribution in [0.1, 0.15) is 39.5 Å². The molecule has 0 spiro atoms. The molecular formula is C17H27N3O7. The highest BCUT2D eigenvalue weighted by Crippen LogP contribution is 2.26. The third kappa shape index (κ3) is 6.31. The van der Waals surface area contributed by atoms with Crippen LogP contribution >= 0.6 is 0 Å². The van der Waals surface area contributed by atoms with Crippen molar-refractivity contribution in [2.24, 2.45) is 17.6 Å². The predicted octanol–water partition coefficient (Wildman–Crippen LogP) is -0.788. The SMILES string of the molecule is CC(C)C[C@@H](C(=O)O)N1CC[C@H](C(=O)[C@H](CCC(=O)O)NC(=O)CN)C1=O. The zero-order valence-electron chi connectivity index (χ0n) is 15.5. The summed E-state index contributed by atoms with van der Waals surface area (Å²) in [6.45, 7) is 3.42. The number of rotatable bonds is 11. The number of hydrogen-bond donors (Lipinski definition) is 4. The van der Waals surface area contributed by atoms with Gasteiger partial charge in [-0.05, 0) is 25.2 Å². The first-order chi connectivity index (χ1) is 12.6. The molecule has 1 heterocycles. The van der Waals surface area contributed by atoms with Crippen LogP contribution in [-0.2, 0) is 24.0 Å². The second kappa shape index (κ2) is 10.0. The molecule has 2 amide bonds. The average molecular weight is 385 g/mol. The fourth-order valence-corrected chi connectivity index (χ4v) is 3.13. The van der Waals surface area contributed by atoms with Crippen molar-refractivity contribution in [3.8, 4) is 0 Å². The van der Waals surface area contributed by atoms with E-state index < -0.39 is 47.5 Å². The number of nitrogens with zero attached hydrogens (tertiary/aromatic N) is 1. The van der Waals surface area contributed by atoms with Crippen molar-refractivity contribution in [3.05, 3.63) is 0 Å². The first kappa shape index (κ1) is 22.6. The molecule has 0 bridgehead atoms. The Labute approximate surface area is 157 Å². The van der Waals surface area contributed by atoms with Gasteiger partial charge in [0.1, 0.15) is 12.0 Å². The van der Waals surface area contributed by atoms with Crippen molar-refractivity contribution in [1.29, 1.82) is 0 Å². The van der Waals surface area contributed by atoms with Gasteiger partial charge in [-0.1, -0.05) is 13.8 Å². The van der Waals surface area contributed by atoms with Gasteiger partial charge in [-0.2, -0.15) is 0 Å². The van der Waals surface area contributed by atoms with Crippen LogP contribution in [-0.4, -0.2) is 69.8 Å². The summed E-state index contributed by atoms with van der Waals surface area (Å²) in [4.78, 5) is 60.4. The number of carbonyl (C=O) groups is 5. The molecular weight excluding hydrogens is 358 g/mol. The van der Waals surface area contributed by atoms with E-state index in [-0.39, 0.29) is 44.7 Å². The Morgan fingerprint density at radius 3 is 2.37 bits per heavy atom. The Balaban J connectivity index is 2.93. The van der Waals surface area contributed by atoms with Crippen LogP contribution in [0.25, 0.3) is 0 Å². The minimum atomic E-state index is -1.15.